The molecule has 0 aromatic carbocycles. The second kappa shape index (κ2) is 4.39. The number of hydrogen-bond donors (Lipinski definition) is 1. The van der Waals surface area contributed by atoms with Crippen molar-refractivity contribution in [3.8, 4) is 5.75 Å². The number of pyridine rings is 1. The number of aromatic nitrogens is 1. The molecule has 1 aromatic heterocycles. The molecule has 4 nitrogen and oxygen atoms in total. The summed E-state index contributed by atoms with van der Waals surface area (Å²) < 4.78 is 10.8. The molecule has 2 heterocycles. The van der Waals surface area contributed by atoms with Gasteiger partial charge in [0.1, 0.15) is 12.4 Å². The fourth-order valence-corrected chi connectivity index (χ4v) is 1.31. The molecule has 76 valence electrons. The summed E-state index contributed by atoms with van der Waals surface area (Å²) in [6.45, 7) is 1.92. The van der Waals surface area contributed by atoms with Crippen LogP contribution in [-0.4, -0.2) is 24.3 Å². The fraction of sp³-hybridized carbons (Fsp3) is 0.500. The maximum atomic E-state index is 5.56. The molecular formula is C10H14N2O2. The number of hydrogen-bond acceptors (Lipinski definition) is 4. The van der Waals surface area contributed by atoms with Crippen LogP contribution >= 0.6 is 0 Å². The van der Waals surface area contributed by atoms with Gasteiger partial charge in [0.05, 0.1) is 12.3 Å². The standard InChI is InChI=1S/C10H14N2O2/c11-5-8-1-3-12-6-10(8)14-7-9-2-4-13-9/h1,3,6,9H,2,4-5,7,11H2/t9-/m0/s1. The Hall–Kier alpha value is -1.13. The zero-order valence-corrected chi connectivity index (χ0v) is 7.98. The van der Waals surface area contributed by atoms with Crippen molar-refractivity contribution in [2.75, 3.05) is 13.2 Å². The predicted octanol–water partition coefficient (Wildman–Crippen LogP) is 0.708. The lowest BCUT2D eigenvalue weighted by molar-refractivity contribution is -0.0722. The lowest BCUT2D eigenvalue weighted by Gasteiger charge is -2.26. The summed E-state index contributed by atoms with van der Waals surface area (Å²) in [4.78, 5) is 3.99. The first-order valence-electron chi connectivity index (χ1n) is 4.77. The molecule has 1 aromatic rings. The first-order valence-corrected chi connectivity index (χ1v) is 4.77. The van der Waals surface area contributed by atoms with E-state index in [2.05, 4.69) is 4.98 Å². The first-order chi connectivity index (χ1) is 6.90. The molecule has 0 spiro atoms. The number of ether oxygens (including phenoxy) is 2. The van der Waals surface area contributed by atoms with Gasteiger partial charge in [-0.25, -0.2) is 0 Å². The molecule has 0 aliphatic carbocycles. The van der Waals surface area contributed by atoms with Crippen LogP contribution in [0, 0.1) is 0 Å². The second-order valence-electron chi connectivity index (χ2n) is 3.28. The van der Waals surface area contributed by atoms with Crippen molar-refractivity contribution >= 4 is 0 Å². The molecule has 0 unspecified atom stereocenters. The van der Waals surface area contributed by atoms with Gasteiger partial charge in [0.15, 0.2) is 0 Å². The Kier molecular flexibility index (Phi) is 2.96. The highest BCUT2D eigenvalue weighted by atomic mass is 16.5. The molecule has 1 atom stereocenters. The number of nitrogens with zero attached hydrogens (tertiary/aromatic N) is 1. The maximum absolute atomic E-state index is 5.56. The lowest BCUT2D eigenvalue weighted by Crippen LogP contribution is -2.32. The quantitative estimate of drug-likeness (QED) is 0.766. The van der Waals surface area contributed by atoms with Gasteiger partial charge in [-0.15, -0.1) is 0 Å². The van der Waals surface area contributed by atoms with Crippen molar-refractivity contribution in [1.29, 1.82) is 0 Å². The van der Waals surface area contributed by atoms with Crippen LogP contribution in [0.1, 0.15) is 12.0 Å². The van der Waals surface area contributed by atoms with E-state index in [1.54, 1.807) is 12.4 Å². The highest BCUT2D eigenvalue weighted by molar-refractivity contribution is 5.29. The molecule has 2 rings (SSSR count). The van der Waals surface area contributed by atoms with E-state index in [4.69, 9.17) is 15.2 Å². The van der Waals surface area contributed by atoms with E-state index in [-0.39, 0.29) is 6.10 Å². The molecule has 0 radical (unpaired) electrons. The topological polar surface area (TPSA) is 57.4 Å². The zero-order valence-electron chi connectivity index (χ0n) is 7.98. The summed E-state index contributed by atoms with van der Waals surface area (Å²) in [6.07, 6.45) is 4.74. The van der Waals surface area contributed by atoms with E-state index < -0.39 is 0 Å². The van der Waals surface area contributed by atoms with Gasteiger partial charge in [0, 0.05) is 31.3 Å². The van der Waals surface area contributed by atoms with Crippen LogP contribution in [0.3, 0.4) is 0 Å². The van der Waals surface area contributed by atoms with Crippen LogP contribution in [0.2, 0.25) is 0 Å². The minimum Gasteiger partial charge on any atom is -0.489 e. The van der Waals surface area contributed by atoms with Gasteiger partial charge in [-0.2, -0.15) is 0 Å². The third-order valence-electron chi connectivity index (χ3n) is 2.31. The highest BCUT2D eigenvalue weighted by Crippen LogP contribution is 2.18. The van der Waals surface area contributed by atoms with E-state index >= 15 is 0 Å². The van der Waals surface area contributed by atoms with Crippen LogP contribution < -0.4 is 10.5 Å². The highest BCUT2D eigenvalue weighted by Gasteiger charge is 2.18. The average molecular weight is 194 g/mol. The molecule has 1 aliphatic heterocycles. The van der Waals surface area contributed by atoms with Gasteiger partial charge in [-0.05, 0) is 6.07 Å². The van der Waals surface area contributed by atoms with Crippen molar-refractivity contribution < 1.29 is 9.47 Å². The summed E-state index contributed by atoms with van der Waals surface area (Å²) in [5.74, 6) is 0.769. The summed E-state index contributed by atoms with van der Waals surface area (Å²) in [5, 5.41) is 0. The second-order valence-corrected chi connectivity index (χ2v) is 3.28. The van der Waals surface area contributed by atoms with Crippen molar-refractivity contribution in [3.05, 3.63) is 24.0 Å². The molecule has 4 heteroatoms. The Bertz CT molecular complexity index is 300. The summed E-state index contributed by atoms with van der Waals surface area (Å²) in [7, 11) is 0. The SMILES string of the molecule is NCc1ccncc1OC[C@@H]1CCO1. The number of rotatable bonds is 4. The van der Waals surface area contributed by atoms with Crippen molar-refractivity contribution in [3.63, 3.8) is 0 Å². The molecule has 1 saturated heterocycles. The van der Waals surface area contributed by atoms with Gasteiger partial charge < -0.3 is 15.2 Å². The Morgan fingerprint density at radius 1 is 1.64 bits per heavy atom. The van der Waals surface area contributed by atoms with Gasteiger partial charge >= 0.3 is 0 Å². The minimum atomic E-state index is 0.251. The van der Waals surface area contributed by atoms with E-state index in [9.17, 15) is 0 Å². The first kappa shape index (κ1) is 9.43. The molecule has 1 aliphatic rings. The third kappa shape index (κ3) is 2.02. The van der Waals surface area contributed by atoms with E-state index in [0.29, 0.717) is 13.2 Å². The zero-order chi connectivity index (χ0) is 9.80. The van der Waals surface area contributed by atoms with Gasteiger partial charge in [-0.3, -0.25) is 4.98 Å². The largest absolute Gasteiger partial charge is 0.489 e. The van der Waals surface area contributed by atoms with Crippen LogP contribution in [0.5, 0.6) is 5.75 Å². The Morgan fingerprint density at radius 3 is 3.14 bits per heavy atom. The molecule has 0 bridgehead atoms. The van der Waals surface area contributed by atoms with Crippen molar-refractivity contribution in [2.45, 2.75) is 19.1 Å². The number of nitrogens with two attached hydrogens (primary N) is 1. The Morgan fingerprint density at radius 2 is 2.50 bits per heavy atom. The summed E-state index contributed by atoms with van der Waals surface area (Å²) in [5.41, 5.74) is 6.55. The van der Waals surface area contributed by atoms with Gasteiger partial charge in [0.25, 0.3) is 0 Å². The van der Waals surface area contributed by atoms with Gasteiger partial charge in [-0.1, -0.05) is 0 Å². The molecule has 2 N–H and O–H groups in total. The average Bonchev–Trinajstić information content (AvgIpc) is 2.16. The predicted molar refractivity (Wildman–Crippen MR) is 52.0 cm³/mol. The molecular weight excluding hydrogens is 180 g/mol. The van der Waals surface area contributed by atoms with Crippen LogP contribution in [-0.2, 0) is 11.3 Å². The monoisotopic (exact) mass is 194 g/mol. The van der Waals surface area contributed by atoms with E-state index in [1.165, 1.54) is 0 Å². The van der Waals surface area contributed by atoms with Crippen LogP contribution in [0.15, 0.2) is 18.5 Å². The van der Waals surface area contributed by atoms with Crippen LogP contribution in [0.25, 0.3) is 0 Å². The summed E-state index contributed by atoms with van der Waals surface area (Å²) in [6, 6.07) is 1.87. The lowest BCUT2D eigenvalue weighted by atomic mass is 10.2. The maximum Gasteiger partial charge on any atom is 0.142 e. The Labute approximate surface area is 83.0 Å². The van der Waals surface area contributed by atoms with E-state index in [1.807, 2.05) is 6.07 Å². The molecule has 1 fully saturated rings. The smallest absolute Gasteiger partial charge is 0.142 e. The summed E-state index contributed by atoms with van der Waals surface area (Å²) >= 11 is 0. The van der Waals surface area contributed by atoms with Crippen molar-refractivity contribution in [1.82, 2.24) is 4.98 Å². The normalized spacial score (nSPS) is 20.2. The van der Waals surface area contributed by atoms with E-state index in [0.717, 1.165) is 24.3 Å². The minimum absolute atomic E-state index is 0.251. The van der Waals surface area contributed by atoms with Gasteiger partial charge in [0.2, 0.25) is 0 Å². The van der Waals surface area contributed by atoms with Crippen LogP contribution in [0.4, 0.5) is 0 Å². The fourth-order valence-electron chi connectivity index (χ4n) is 1.31. The third-order valence-corrected chi connectivity index (χ3v) is 2.31. The molecule has 0 saturated carbocycles. The molecule has 14 heavy (non-hydrogen) atoms. The Balaban J connectivity index is 1.93. The van der Waals surface area contributed by atoms with Crippen molar-refractivity contribution in [2.24, 2.45) is 5.73 Å². The molecule has 0 amide bonds.